The van der Waals surface area contributed by atoms with Crippen molar-refractivity contribution < 1.29 is 14.6 Å². The standard InChI is InChI=1S/C11H17N3O3/c1-4-8(11(15)16)14(3)9-6-12-7-10(13-9)17-5-2/h6-8H,4-5H2,1-3H3,(H,15,16). The van der Waals surface area contributed by atoms with E-state index in [9.17, 15) is 4.79 Å². The molecule has 0 saturated heterocycles. The highest BCUT2D eigenvalue weighted by atomic mass is 16.5. The number of likely N-dealkylation sites (N-methyl/N-ethyl adjacent to an activating group) is 1. The van der Waals surface area contributed by atoms with E-state index >= 15 is 0 Å². The van der Waals surface area contributed by atoms with Gasteiger partial charge in [-0.05, 0) is 13.3 Å². The van der Waals surface area contributed by atoms with Crippen LogP contribution in [0.5, 0.6) is 5.88 Å². The molecule has 0 amide bonds. The number of aliphatic carboxylic acids is 1. The number of ether oxygens (including phenoxy) is 1. The second-order valence-corrected chi connectivity index (χ2v) is 3.52. The fourth-order valence-electron chi connectivity index (χ4n) is 1.50. The summed E-state index contributed by atoms with van der Waals surface area (Å²) in [4.78, 5) is 20.8. The van der Waals surface area contributed by atoms with E-state index in [2.05, 4.69) is 9.97 Å². The van der Waals surface area contributed by atoms with Crippen molar-refractivity contribution in [3.63, 3.8) is 0 Å². The van der Waals surface area contributed by atoms with Gasteiger partial charge in [0.2, 0.25) is 5.88 Å². The van der Waals surface area contributed by atoms with E-state index < -0.39 is 12.0 Å². The number of hydrogen-bond acceptors (Lipinski definition) is 5. The molecule has 0 radical (unpaired) electrons. The molecule has 0 spiro atoms. The van der Waals surface area contributed by atoms with Gasteiger partial charge in [0.25, 0.3) is 0 Å². The molecule has 6 heteroatoms. The van der Waals surface area contributed by atoms with Gasteiger partial charge < -0.3 is 14.7 Å². The molecule has 0 aliphatic heterocycles. The highest BCUT2D eigenvalue weighted by molar-refractivity contribution is 5.77. The normalized spacial score (nSPS) is 11.9. The highest BCUT2D eigenvalue weighted by Crippen LogP contribution is 2.16. The van der Waals surface area contributed by atoms with E-state index in [1.54, 1.807) is 11.9 Å². The average molecular weight is 239 g/mol. The minimum Gasteiger partial charge on any atom is -0.480 e. The van der Waals surface area contributed by atoms with Crippen LogP contribution in [0.1, 0.15) is 20.3 Å². The van der Waals surface area contributed by atoms with Gasteiger partial charge in [-0.1, -0.05) is 6.92 Å². The van der Waals surface area contributed by atoms with Crippen LogP contribution in [-0.4, -0.2) is 40.7 Å². The van der Waals surface area contributed by atoms with Crippen molar-refractivity contribution in [2.24, 2.45) is 0 Å². The van der Waals surface area contributed by atoms with E-state index in [1.807, 2.05) is 13.8 Å². The monoisotopic (exact) mass is 239 g/mol. The van der Waals surface area contributed by atoms with Crippen LogP contribution in [0.2, 0.25) is 0 Å². The molecule has 94 valence electrons. The minimum atomic E-state index is -0.876. The summed E-state index contributed by atoms with van der Waals surface area (Å²) < 4.78 is 5.22. The summed E-state index contributed by atoms with van der Waals surface area (Å²) in [7, 11) is 1.68. The number of hydrogen-bond donors (Lipinski definition) is 1. The molecular formula is C11H17N3O3. The molecule has 0 aliphatic rings. The third-order valence-corrected chi connectivity index (χ3v) is 2.39. The average Bonchev–Trinajstić information content (AvgIpc) is 2.30. The predicted octanol–water partition coefficient (Wildman–Crippen LogP) is 1.17. The zero-order chi connectivity index (χ0) is 12.8. The molecule has 0 fully saturated rings. The number of carboxylic acids is 1. The highest BCUT2D eigenvalue weighted by Gasteiger charge is 2.22. The third-order valence-electron chi connectivity index (χ3n) is 2.39. The molecule has 17 heavy (non-hydrogen) atoms. The van der Waals surface area contributed by atoms with Gasteiger partial charge in [-0.15, -0.1) is 0 Å². The molecule has 1 unspecified atom stereocenters. The van der Waals surface area contributed by atoms with Crippen LogP contribution in [0.4, 0.5) is 5.82 Å². The zero-order valence-electron chi connectivity index (χ0n) is 10.3. The lowest BCUT2D eigenvalue weighted by atomic mass is 10.2. The summed E-state index contributed by atoms with van der Waals surface area (Å²) in [6, 6.07) is -0.610. The molecule has 6 nitrogen and oxygen atoms in total. The smallest absolute Gasteiger partial charge is 0.326 e. The summed E-state index contributed by atoms with van der Waals surface area (Å²) in [6.45, 7) is 4.16. The first-order chi connectivity index (χ1) is 8.10. The second kappa shape index (κ2) is 6.03. The number of carboxylic acid groups (broad SMARTS) is 1. The Morgan fingerprint density at radius 2 is 2.24 bits per heavy atom. The quantitative estimate of drug-likeness (QED) is 0.803. The first-order valence-electron chi connectivity index (χ1n) is 5.50. The maximum absolute atomic E-state index is 11.0. The van der Waals surface area contributed by atoms with Crippen LogP contribution in [-0.2, 0) is 4.79 Å². The Morgan fingerprint density at radius 3 is 2.76 bits per heavy atom. The predicted molar refractivity (Wildman–Crippen MR) is 63.3 cm³/mol. The Labute approximate surface area is 100 Å². The van der Waals surface area contributed by atoms with Crippen molar-refractivity contribution in [1.29, 1.82) is 0 Å². The van der Waals surface area contributed by atoms with Gasteiger partial charge in [0, 0.05) is 7.05 Å². The zero-order valence-corrected chi connectivity index (χ0v) is 10.3. The van der Waals surface area contributed by atoms with Crippen LogP contribution in [0.3, 0.4) is 0 Å². The maximum atomic E-state index is 11.0. The molecule has 1 heterocycles. The van der Waals surface area contributed by atoms with Gasteiger partial charge in [0.1, 0.15) is 6.04 Å². The lowest BCUT2D eigenvalue weighted by Gasteiger charge is -2.24. The van der Waals surface area contributed by atoms with Gasteiger partial charge in [0.05, 0.1) is 19.0 Å². The van der Waals surface area contributed by atoms with Crippen LogP contribution in [0.25, 0.3) is 0 Å². The van der Waals surface area contributed by atoms with Gasteiger partial charge in [-0.2, -0.15) is 4.98 Å². The largest absolute Gasteiger partial charge is 0.480 e. The molecule has 0 aromatic carbocycles. The van der Waals surface area contributed by atoms with Crippen LogP contribution in [0, 0.1) is 0 Å². The fourth-order valence-corrected chi connectivity index (χ4v) is 1.50. The van der Waals surface area contributed by atoms with Crippen molar-refractivity contribution in [3.05, 3.63) is 12.4 Å². The maximum Gasteiger partial charge on any atom is 0.326 e. The second-order valence-electron chi connectivity index (χ2n) is 3.52. The molecule has 0 saturated carbocycles. The van der Waals surface area contributed by atoms with Crippen molar-refractivity contribution in [2.45, 2.75) is 26.3 Å². The number of aromatic nitrogens is 2. The number of nitrogens with zero attached hydrogens (tertiary/aromatic N) is 3. The van der Waals surface area contributed by atoms with E-state index in [-0.39, 0.29) is 0 Å². The Morgan fingerprint density at radius 1 is 1.53 bits per heavy atom. The van der Waals surface area contributed by atoms with E-state index in [1.165, 1.54) is 12.4 Å². The third kappa shape index (κ3) is 3.30. The van der Waals surface area contributed by atoms with Crippen molar-refractivity contribution in [3.8, 4) is 5.88 Å². The first-order valence-corrected chi connectivity index (χ1v) is 5.50. The fraction of sp³-hybridized carbons (Fsp3) is 0.545. The summed E-state index contributed by atoms with van der Waals surface area (Å²) in [6.07, 6.45) is 3.52. The van der Waals surface area contributed by atoms with Gasteiger partial charge in [-0.3, -0.25) is 4.98 Å². The minimum absolute atomic E-state index is 0.400. The van der Waals surface area contributed by atoms with Gasteiger partial charge >= 0.3 is 5.97 Å². The summed E-state index contributed by atoms with van der Waals surface area (Å²) in [5, 5.41) is 9.06. The topological polar surface area (TPSA) is 75.5 Å². The molecule has 0 aliphatic carbocycles. The van der Waals surface area contributed by atoms with E-state index in [0.29, 0.717) is 24.7 Å². The van der Waals surface area contributed by atoms with Crippen LogP contribution < -0.4 is 9.64 Å². The van der Waals surface area contributed by atoms with Gasteiger partial charge in [-0.25, -0.2) is 4.79 Å². The van der Waals surface area contributed by atoms with Crippen LogP contribution in [0.15, 0.2) is 12.4 Å². The van der Waals surface area contributed by atoms with Crippen molar-refractivity contribution in [2.75, 3.05) is 18.6 Å². The molecule has 1 atom stereocenters. The Kier molecular flexibility index (Phi) is 4.68. The summed E-state index contributed by atoms with van der Waals surface area (Å²) in [5.41, 5.74) is 0. The summed E-state index contributed by atoms with van der Waals surface area (Å²) >= 11 is 0. The Balaban J connectivity index is 2.90. The molecule has 1 aromatic rings. The van der Waals surface area contributed by atoms with Crippen molar-refractivity contribution >= 4 is 11.8 Å². The number of carbonyl (C=O) groups is 1. The van der Waals surface area contributed by atoms with E-state index in [0.717, 1.165) is 0 Å². The van der Waals surface area contributed by atoms with Crippen molar-refractivity contribution in [1.82, 2.24) is 9.97 Å². The number of rotatable bonds is 6. The molecule has 1 rings (SSSR count). The number of anilines is 1. The molecular weight excluding hydrogens is 222 g/mol. The SMILES string of the molecule is CCOc1cncc(N(C)C(CC)C(=O)O)n1. The van der Waals surface area contributed by atoms with Crippen LogP contribution >= 0.6 is 0 Å². The van der Waals surface area contributed by atoms with E-state index in [4.69, 9.17) is 9.84 Å². The lowest BCUT2D eigenvalue weighted by Crippen LogP contribution is -2.38. The summed E-state index contributed by atoms with van der Waals surface area (Å²) in [5.74, 6) is 0.0147. The molecule has 1 N–H and O–H groups in total. The Bertz CT molecular complexity index is 384. The lowest BCUT2D eigenvalue weighted by molar-refractivity contribution is -0.138. The molecule has 1 aromatic heterocycles. The Hall–Kier alpha value is -1.85. The van der Waals surface area contributed by atoms with Gasteiger partial charge in [0.15, 0.2) is 5.82 Å². The first kappa shape index (κ1) is 13.2. The molecule has 0 bridgehead atoms.